The largest absolute Gasteiger partial charge is 0.381 e. The van der Waals surface area contributed by atoms with Crippen LogP contribution in [0.1, 0.15) is 25.0 Å². The van der Waals surface area contributed by atoms with E-state index in [-0.39, 0.29) is 17.2 Å². The lowest BCUT2D eigenvalue weighted by Crippen LogP contribution is -2.39. The fourth-order valence-corrected chi connectivity index (χ4v) is 7.65. The zero-order valence-corrected chi connectivity index (χ0v) is 21.1. The van der Waals surface area contributed by atoms with Gasteiger partial charge in [-0.05, 0) is 36.4 Å². The highest BCUT2D eigenvalue weighted by molar-refractivity contribution is 8.15. The molecule has 0 radical (unpaired) electrons. The van der Waals surface area contributed by atoms with Gasteiger partial charge in [-0.15, -0.1) is 11.3 Å². The zero-order valence-electron chi connectivity index (χ0n) is 18.7. The van der Waals surface area contributed by atoms with Gasteiger partial charge in [-0.25, -0.2) is 8.42 Å². The maximum Gasteiger partial charge on any atom is 0.273 e. The van der Waals surface area contributed by atoms with Gasteiger partial charge in [0.25, 0.3) is 10.0 Å². The number of hydrogen-bond donors (Lipinski definition) is 2. The number of carbonyl (C=O) groups excluding carboxylic acids is 1. The number of ether oxygens (including phenoxy) is 1. The van der Waals surface area contributed by atoms with E-state index in [4.69, 9.17) is 4.74 Å². The second-order valence-corrected chi connectivity index (χ2v) is 12.8. The third-order valence-corrected chi connectivity index (χ3v) is 10.4. The molecule has 1 atom stereocenters. The lowest BCUT2D eigenvalue weighted by molar-refractivity contribution is -0.122. The van der Waals surface area contributed by atoms with Crippen molar-refractivity contribution in [2.75, 3.05) is 31.1 Å². The minimum atomic E-state index is -3.64. The number of hydrogen-bond acceptors (Lipinski definition) is 7. The molecule has 5 rings (SSSR count). The van der Waals surface area contributed by atoms with Gasteiger partial charge in [0.1, 0.15) is 9.25 Å². The van der Waals surface area contributed by atoms with Crippen molar-refractivity contribution in [2.24, 2.45) is 4.99 Å². The molecule has 2 N–H and O–H groups in total. The summed E-state index contributed by atoms with van der Waals surface area (Å²) in [5.74, 6) is 0.0557. The molecular weight excluding hydrogens is 492 g/mol. The Morgan fingerprint density at radius 1 is 1.26 bits per heavy atom. The van der Waals surface area contributed by atoms with Gasteiger partial charge >= 0.3 is 0 Å². The number of nitrogens with zero attached hydrogens (tertiary/aromatic N) is 2. The Kier molecular flexibility index (Phi) is 6.70. The maximum atomic E-state index is 13.0. The molecule has 1 fully saturated rings. The van der Waals surface area contributed by atoms with Gasteiger partial charge in [-0.2, -0.15) is 0 Å². The molecule has 180 valence electrons. The van der Waals surface area contributed by atoms with Crippen molar-refractivity contribution in [3.05, 3.63) is 47.5 Å². The van der Waals surface area contributed by atoms with Crippen LogP contribution in [0.2, 0.25) is 0 Å². The fourth-order valence-electron chi connectivity index (χ4n) is 4.20. The van der Waals surface area contributed by atoms with Crippen LogP contribution in [0.5, 0.6) is 0 Å². The third-order valence-electron chi connectivity index (χ3n) is 6.03. The number of aromatic amines is 1. The van der Waals surface area contributed by atoms with Crippen molar-refractivity contribution >= 4 is 60.7 Å². The molecule has 0 saturated carbocycles. The Bertz CT molecular complexity index is 1310. The first-order valence-corrected chi connectivity index (χ1v) is 14.3. The van der Waals surface area contributed by atoms with E-state index >= 15 is 0 Å². The maximum absolute atomic E-state index is 13.0. The predicted octanol–water partition coefficient (Wildman–Crippen LogP) is 3.60. The predicted molar refractivity (Wildman–Crippen MR) is 138 cm³/mol. The molecule has 11 heteroatoms. The number of amides is 1. The van der Waals surface area contributed by atoms with E-state index in [9.17, 15) is 13.2 Å². The number of aromatic nitrogens is 1. The van der Waals surface area contributed by atoms with Crippen LogP contribution in [0.15, 0.2) is 51.0 Å². The number of benzene rings is 1. The molecule has 2 aromatic heterocycles. The third kappa shape index (κ3) is 4.74. The molecule has 2 aliphatic rings. The molecular formula is C23H26N4O4S3. The van der Waals surface area contributed by atoms with Gasteiger partial charge in [0.05, 0.1) is 23.4 Å². The van der Waals surface area contributed by atoms with Crippen LogP contribution in [0.4, 0.5) is 5.69 Å². The lowest BCUT2D eigenvalue weighted by atomic mass is 10.1. The molecule has 1 unspecified atom stereocenters. The second-order valence-electron chi connectivity index (χ2n) is 8.37. The van der Waals surface area contributed by atoms with E-state index in [1.54, 1.807) is 42.4 Å². The average Bonchev–Trinajstić information content (AvgIpc) is 3.59. The number of fused-ring (bicyclic) bond motifs is 1. The highest BCUT2D eigenvalue weighted by atomic mass is 32.2. The summed E-state index contributed by atoms with van der Waals surface area (Å²) in [6.45, 7) is 1.97. The first kappa shape index (κ1) is 23.4. The number of carbonyl (C=O) groups is 1. The molecule has 1 saturated heterocycles. The van der Waals surface area contributed by atoms with Crippen LogP contribution in [-0.2, 0) is 19.6 Å². The lowest BCUT2D eigenvalue weighted by Gasteiger charge is -2.23. The normalized spacial score (nSPS) is 19.3. The van der Waals surface area contributed by atoms with Crippen molar-refractivity contribution in [1.29, 1.82) is 0 Å². The summed E-state index contributed by atoms with van der Waals surface area (Å²) in [4.78, 5) is 20.5. The van der Waals surface area contributed by atoms with Crippen LogP contribution in [0.3, 0.4) is 0 Å². The summed E-state index contributed by atoms with van der Waals surface area (Å²) in [7, 11) is -2.07. The first-order chi connectivity index (χ1) is 16.4. The Hall–Kier alpha value is -2.34. The molecule has 1 aromatic carbocycles. The Labute approximate surface area is 206 Å². The quantitative estimate of drug-likeness (QED) is 0.497. The van der Waals surface area contributed by atoms with E-state index in [1.807, 2.05) is 18.2 Å². The van der Waals surface area contributed by atoms with Crippen LogP contribution in [0.25, 0.3) is 10.9 Å². The number of anilines is 1. The molecule has 3 aromatic rings. The summed E-state index contributed by atoms with van der Waals surface area (Å²) in [6.07, 6.45) is 2.14. The van der Waals surface area contributed by atoms with Gasteiger partial charge in [-0.3, -0.25) is 14.1 Å². The summed E-state index contributed by atoms with van der Waals surface area (Å²) in [6, 6.07) is 11.1. The summed E-state index contributed by atoms with van der Waals surface area (Å²) in [5, 5.41) is 6.70. The number of para-hydroxylation sites is 1. The van der Waals surface area contributed by atoms with Crippen LogP contribution < -0.4 is 9.62 Å². The highest BCUT2D eigenvalue weighted by Gasteiger charge is 2.27. The van der Waals surface area contributed by atoms with Crippen molar-refractivity contribution in [3.63, 3.8) is 0 Å². The number of aliphatic imine (C=N–C) groups is 1. The Balaban J connectivity index is 1.29. The minimum Gasteiger partial charge on any atom is -0.381 e. The van der Waals surface area contributed by atoms with Crippen LogP contribution in [0, 0.1) is 0 Å². The summed E-state index contributed by atoms with van der Waals surface area (Å²) < 4.78 is 33.0. The van der Waals surface area contributed by atoms with Crippen molar-refractivity contribution < 1.29 is 17.9 Å². The van der Waals surface area contributed by atoms with Gasteiger partial charge in [0.15, 0.2) is 0 Å². The number of nitrogens with one attached hydrogen (secondary N) is 2. The molecule has 0 spiro atoms. The van der Waals surface area contributed by atoms with Gasteiger partial charge in [0, 0.05) is 43.4 Å². The van der Waals surface area contributed by atoms with Crippen LogP contribution >= 0.6 is 23.1 Å². The molecule has 1 amide bonds. The van der Waals surface area contributed by atoms with E-state index < -0.39 is 10.0 Å². The van der Waals surface area contributed by atoms with Gasteiger partial charge in [-0.1, -0.05) is 30.0 Å². The molecule has 0 aliphatic carbocycles. The zero-order chi connectivity index (χ0) is 23.7. The highest BCUT2D eigenvalue weighted by Crippen LogP contribution is 2.34. The SMILES string of the molecule is CN(c1cccc2cc(C3=NCC(CC(=O)NC4CCOCC4)S3)[nH]c12)S(=O)(=O)c1cccs1. The number of rotatable bonds is 7. The summed E-state index contributed by atoms with van der Waals surface area (Å²) >= 11 is 2.79. The van der Waals surface area contributed by atoms with E-state index in [0.717, 1.165) is 34.5 Å². The molecule has 4 heterocycles. The van der Waals surface area contributed by atoms with E-state index in [1.165, 1.54) is 15.6 Å². The summed E-state index contributed by atoms with van der Waals surface area (Å²) in [5.41, 5.74) is 2.15. The molecule has 8 nitrogen and oxygen atoms in total. The van der Waals surface area contributed by atoms with E-state index in [2.05, 4.69) is 15.3 Å². The second kappa shape index (κ2) is 9.73. The standard InChI is InChI=1S/C23H26N4O4S3/c1-27(34(29,30)21-6-3-11-32-21)19-5-2-4-15-12-18(26-22(15)19)23-24-14-17(33-23)13-20(28)25-16-7-9-31-10-8-16/h2-6,11-12,16-17,26H,7-10,13-14H2,1H3,(H,25,28). The van der Waals surface area contributed by atoms with E-state index in [0.29, 0.717) is 36.1 Å². The molecule has 2 aliphatic heterocycles. The topological polar surface area (TPSA) is 104 Å². The van der Waals surface area contributed by atoms with Crippen molar-refractivity contribution in [2.45, 2.75) is 34.8 Å². The molecule has 34 heavy (non-hydrogen) atoms. The number of H-pyrrole nitrogens is 1. The number of thioether (sulfide) groups is 1. The Morgan fingerprint density at radius 3 is 2.85 bits per heavy atom. The smallest absolute Gasteiger partial charge is 0.273 e. The van der Waals surface area contributed by atoms with Crippen molar-refractivity contribution in [1.82, 2.24) is 10.3 Å². The van der Waals surface area contributed by atoms with Gasteiger partial charge < -0.3 is 15.0 Å². The number of thiophene rings is 1. The fraction of sp³-hybridized carbons (Fsp3) is 0.391. The molecule has 0 bridgehead atoms. The Morgan fingerprint density at radius 2 is 2.09 bits per heavy atom. The monoisotopic (exact) mass is 518 g/mol. The first-order valence-electron chi connectivity index (χ1n) is 11.1. The van der Waals surface area contributed by atoms with Gasteiger partial charge in [0.2, 0.25) is 5.91 Å². The number of sulfonamides is 1. The van der Waals surface area contributed by atoms with Crippen LogP contribution in [-0.4, -0.2) is 62.5 Å². The minimum absolute atomic E-state index is 0.0557. The average molecular weight is 519 g/mol. The van der Waals surface area contributed by atoms with Crippen molar-refractivity contribution in [3.8, 4) is 0 Å².